The molecule has 1 aliphatic heterocycles. The number of anilines is 1. The van der Waals surface area contributed by atoms with Crippen LogP contribution in [0.25, 0.3) is 0 Å². The standard InChI is InChI=1S/C24H19N3O3/c25-15-17-6-4-7-18(12-17)16-29-21-11-5-10-20(13-21)26-24(28)22-14-23(30-27-22)19-8-2-1-3-9-19/h1-13,23H,14,16H2,(H,26,28). The molecule has 3 aromatic rings. The van der Waals surface area contributed by atoms with Gasteiger partial charge in [0.1, 0.15) is 18.1 Å². The molecule has 6 heteroatoms. The molecule has 1 unspecified atom stereocenters. The molecule has 0 radical (unpaired) electrons. The zero-order valence-electron chi connectivity index (χ0n) is 16.1. The number of hydrogen-bond donors (Lipinski definition) is 1. The molecule has 1 atom stereocenters. The molecule has 6 nitrogen and oxygen atoms in total. The molecule has 0 bridgehead atoms. The minimum absolute atomic E-state index is 0.245. The van der Waals surface area contributed by atoms with Crippen molar-refractivity contribution >= 4 is 17.3 Å². The number of carbonyl (C=O) groups excluding carboxylic acids is 1. The second kappa shape index (κ2) is 8.93. The lowest BCUT2D eigenvalue weighted by Crippen LogP contribution is -2.21. The van der Waals surface area contributed by atoms with E-state index in [1.165, 1.54) is 0 Å². The van der Waals surface area contributed by atoms with Crippen molar-refractivity contribution in [1.29, 1.82) is 5.26 Å². The lowest BCUT2D eigenvalue weighted by Gasteiger charge is -2.10. The molecule has 4 rings (SSSR count). The van der Waals surface area contributed by atoms with Gasteiger partial charge in [-0.25, -0.2) is 0 Å². The monoisotopic (exact) mass is 397 g/mol. The van der Waals surface area contributed by atoms with Gasteiger partial charge in [-0.2, -0.15) is 5.26 Å². The summed E-state index contributed by atoms with van der Waals surface area (Å²) >= 11 is 0. The molecular weight excluding hydrogens is 378 g/mol. The Morgan fingerprint density at radius 3 is 2.77 bits per heavy atom. The number of ether oxygens (including phenoxy) is 1. The highest BCUT2D eigenvalue weighted by atomic mass is 16.6. The highest BCUT2D eigenvalue weighted by Crippen LogP contribution is 2.27. The third-order valence-electron chi connectivity index (χ3n) is 4.66. The number of amides is 1. The first-order valence-corrected chi connectivity index (χ1v) is 9.52. The van der Waals surface area contributed by atoms with E-state index >= 15 is 0 Å². The van der Waals surface area contributed by atoms with Crippen LogP contribution in [0.1, 0.15) is 29.2 Å². The molecule has 0 saturated carbocycles. The summed E-state index contributed by atoms with van der Waals surface area (Å²) in [6.07, 6.45) is 0.173. The highest BCUT2D eigenvalue weighted by Gasteiger charge is 2.27. The van der Waals surface area contributed by atoms with E-state index in [-0.39, 0.29) is 12.0 Å². The average Bonchev–Trinajstić information content (AvgIpc) is 3.29. The maximum atomic E-state index is 12.6. The third-order valence-corrected chi connectivity index (χ3v) is 4.66. The molecule has 0 aromatic heterocycles. The van der Waals surface area contributed by atoms with Crippen LogP contribution in [-0.2, 0) is 16.2 Å². The fraction of sp³-hybridized carbons (Fsp3) is 0.125. The molecule has 0 spiro atoms. The van der Waals surface area contributed by atoms with Crippen molar-refractivity contribution in [3.05, 3.63) is 95.6 Å². The number of carbonyl (C=O) groups is 1. The Morgan fingerprint density at radius 1 is 1.10 bits per heavy atom. The summed E-state index contributed by atoms with van der Waals surface area (Å²) in [7, 11) is 0. The van der Waals surface area contributed by atoms with Gasteiger partial charge in [0, 0.05) is 18.2 Å². The van der Waals surface area contributed by atoms with Crippen LogP contribution in [0.3, 0.4) is 0 Å². The minimum Gasteiger partial charge on any atom is -0.489 e. The molecule has 148 valence electrons. The van der Waals surface area contributed by atoms with E-state index in [9.17, 15) is 4.79 Å². The fourth-order valence-corrected chi connectivity index (χ4v) is 3.12. The van der Waals surface area contributed by atoms with Crippen molar-refractivity contribution in [2.75, 3.05) is 5.32 Å². The topological polar surface area (TPSA) is 83.7 Å². The number of nitrogens with one attached hydrogen (secondary N) is 1. The maximum Gasteiger partial charge on any atom is 0.273 e. The number of nitriles is 1. The van der Waals surface area contributed by atoms with Gasteiger partial charge >= 0.3 is 0 Å². The second-order valence-electron chi connectivity index (χ2n) is 6.83. The summed E-state index contributed by atoms with van der Waals surface area (Å²) in [5.74, 6) is 0.314. The van der Waals surface area contributed by atoms with Crippen molar-refractivity contribution in [1.82, 2.24) is 0 Å². The molecule has 1 N–H and O–H groups in total. The summed E-state index contributed by atoms with van der Waals surface area (Å²) in [4.78, 5) is 18.0. The summed E-state index contributed by atoms with van der Waals surface area (Å²) in [6, 6.07) is 26.2. The van der Waals surface area contributed by atoms with Crippen LogP contribution in [-0.4, -0.2) is 11.6 Å². The summed E-state index contributed by atoms with van der Waals surface area (Å²) < 4.78 is 5.80. The first-order chi connectivity index (χ1) is 14.7. The Bertz CT molecular complexity index is 1120. The van der Waals surface area contributed by atoms with Crippen LogP contribution < -0.4 is 10.1 Å². The van der Waals surface area contributed by atoms with Gasteiger partial charge in [-0.3, -0.25) is 4.79 Å². The van der Waals surface area contributed by atoms with Crippen LogP contribution in [0, 0.1) is 11.3 Å². The van der Waals surface area contributed by atoms with Crippen LogP contribution >= 0.6 is 0 Å². The van der Waals surface area contributed by atoms with Gasteiger partial charge in [-0.05, 0) is 35.4 Å². The SMILES string of the molecule is N#Cc1cccc(COc2cccc(NC(=O)C3=NOC(c4ccccc4)C3)c2)c1. The van der Waals surface area contributed by atoms with Gasteiger partial charge in [0.15, 0.2) is 6.10 Å². The van der Waals surface area contributed by atoms with Gasteiger partial charge in [0.05, 0.1) is 11.6 Å². The Hall–Kier alpha value is -4.11. The quantitative estimate of drug-likeness (QED) is 0.659. The highest BCUT2D eigenvalue weighted by molar-refractivity contribution is 6.43. The van der Waals surface area contributed by atoms with E-state index in [4.69, 9.17) is 14.8 Å². The van der Waals surface area contributed by atoms with E-state index in [1.807, 2.05) is 48.5 Å². The first-order valence-electron chi connectivity index (χ1n) is 9.52. The van der Waals surface area contributed by atoms with Crippen molar-refractivity contribution in [2.24, 2.45) is 5.16 Å². The molecule has 3 aromatic carbocycles. The molecule has 0 saturated heterocycles. The maximum absolute atomic E-state index is 12.6. The molecule has 0 aliphatic carbocycles. The van der Waals surface area contributed by atoms with Crippen LogP contribution in [0.15, 0.2) is 84.0 Å². The average molecular weight is 397 g/mol. The molecule has 1 heterocycles. The minimum atomic E-state index is -0.299. The van der Waals surface area contributed by atoms with Gasteiger partial charge in [-0.1, -0.05) is 53.7 Å². The number of hydrogen-bond acceptors (Lipinski definition) is 5. The van der Waals surface area contributed by atoms with Gasteiger partial charge < -0.3 is 14.9 Å². The predicted molar refractivity (Wildman–Crippen MR) is 113 cm³/mol. The normalized spacial score (nSPS) is 14.9. The predicted octanol–water partition coefficient (Wildman–Crippen LogP) is 4.59. The number of oxime groups is 1. The van der Waals surface area contributed by atoms with E-state index < -0.39 is 0 Å². The number of rotatable bonds is 6. The lowest BCUT2D eigenvalue weighted by molar-refractivity contribution is -0.110. The van der Waals surface area contributed by atoms with Crippen molar-refractivity contribution in [3.63, 3.8) is 0 Å². The molecular formula is C24H19N3O3. The summed E-state index contributed by atoms with van der Waals surface area (Å²) in [5.41, 5.74) is 3.43. The lowest BCUT2D eigenvalue weighted by atomic mass is 10.0. The summed E-state index contributed by atoms with van der Waals surface area (Å²) in [6.45, 7) is 0.326. The molecule has 1 aliphatic rings. The fourth-order valence-electron chi connectivity index (χ4n) is 3.12. The van der Waals surface area contributed by atoms with Gasteiger partial charge in [0.2, 0.25) is 0 Å². The molecule has 30 heavy (non-hydrogen) atoms. The van der Waals surface area contributed by atoms with Gasteiger partial charge in [-0.15, -0.1) is 0 Å². The van der Waals surface area contributed by atoms with E-state index in [0.717, 1.165) is 11.1 Å². The largest absolute Gasteiger partial charge is 0.489 e. The zero-order chi connectivity index (χ0) is 20.8. The molecule has 1 amide bonds. The van der Waals surface area contributed by atoms with Crippen LogP contribution in [0.4, 0.5) is 5.69 Å². The molecule has 0 fully saturated rings. The third kappa shape index (κ3) is 4.65. The van der Waals surface area contributed by atoms with Crippen LogP contribution in [0.2, 0.25) is 0 Å². The smallest absolute Gasteiger partial charge is 0.273 e. The number of benzene rings is 3. The Kier molecular flexibility index (Phi) is 5.72. The number of nitrogens with zero attached hydrogens (tertiary/aromatic N) is 2. The van der Waals surface area contributed by atoms with Crippen LogP contribution in [0.5, 0.6) is 5.75 Å². The summed E-state index contributed by atoms with van der Waals surface area (Å²) in [5, 5.41) is 15.8. The van der Waals surface area contributed by atoms with E-state index in [0.29, 0.717) is 35.7 Å². The zero-order valence-corrected chi connectivity index (χ0v) is 16.1. The van der Waals surface area contributed by atoms with Gasteiger partial charge in [0.25, 0.3) is 5.91 Å². The van der Waals surface area contributed by atoms with Crippen molar-refractivity contribution < 1.29 is 14.4 Å². The first kappa shape index (κ1) is 19.2. The van der Waals surface area contributed by atoms with E-state index in [2.05, 4.69) is 16.5 Å². The van der Waals surface area contributed by atoms with E-state index in [1.54, 1.807) is 30.3 Å². The van der Waals surface area contributed by atoms with Crippen molar-refractivity contribution in [3.8, 4) is 11.8 Å². The van der Waals surface area contributed by atoms with Crippen molar-refractivity contribution in [2.45, 2.75) is 19.1 Å². The Balaban J connectivity index is 1.35. The second-order valence-corrected chi connectivity index (χ2v) is 6.83. The Morgan fingerprint density at radius 2 is 1.93 bits per heavy atom. The Labute approximate surface area is 174 Å².